The molecule has 7 heteroatoms. The molecule has 0 aromatic heterocycles. The number of nitrogens with two attached hydrogens (primary N) is 1. The van der Waals surface area contributed by atoms with Gasteiger partial charge in [0.05, 0.1) is 5.69 Å². The van der Waals surface area contributed by atoms with Crippen LogP contribution in [-0.2, 0) is 16.6 Å². The van der Waals surface area contributed by atoms with Gasteiger partial charge in [-0.15, -0.1) is 0 Å². The second kappa shape index (κ2) is 3.46. The van der Waals surface area contributed by atoms with Gasteiger partial charge in [-0.3, -0.25) is 4.90 Å². The summed E-state index contributed by atoms with van der Waals surface area (Å²) in [6, 6.07) is 4.07. The first-order chi connectivity index (χ1) is 7.47. The molecule has 0 spiro atoms. The summed E-state index contributed by atoms with van der Waals surface area (Å²) >= 11 is 0. The Morgan fingerprint density at radius 1 is 1.44 bits per heavy atom. The molecule has 1 aliphatic heterocycles. The van der Waals surface area contributed by atoms with E-state index in [1.54, 1.807) is 12.1 Å². The van der Waals surface area contributed by atoms with Crippen LogP contribution in [0.1, 0.15) is 5.56 Å². The monoisotopic (exact) mass is 241 g/mol. The molecule has 1 heterocycles. The van der Waals surface area contributed by atoms with E-state index in [9.17, 15) is 13.2 Å². The maximum Gasteiger partial charge on any atom is 0.335 e. The highest BCUT2D eigenvalue weighted by Crippen LogP contribution is 2.31. The van der Waals surface area contributed by atoms with Crippen LogP contribution in [0.4, 0.5) is 10.5 Å². The number of amides is 2. The fraction of sp³-hybridized carbons (Fsp3) is 0.222. The quantitative estimate of drug-likeness (QED) is 0.723. The molecule has 0 bridgehead atoms. The number of para-hydroxylation sites is 1. The van der Waals surface area contributed by atoms with Crippen LogP contribution in [0.25, 0.3) is 0 Å². The summed E-state index contributed by atoms with van der Waals surface area (Å²) in [7, 11) is -2.25. The van der Waals surface area contributed by atoms with Gasteiger partial charge in [-0.25, -0.2) is 17.9 Å². The second-order valence-electron chi connectivity index (χ2n) is 3.44. The Morgan fingerprint density at radius 3 is 2.75 bits per heavy atom. The average Bonchev–Trinajstić information content (AvgIpc) is 2.24. The summed E-state index contributed by atoms with van der Waals surface area (Å²) < 4.78 is 25.3. The first-order valence-corrected chi connectivity index (χ1v) is 6.08. The van der Waals surface area contributed by atoms with Gasteiger partial charge in [-0.2, -0.15) is 0 Å². The molecule has 1 aromatic rings. The molecule has 16 heavy (non-hydrogen) atoms. The highest BCUT2D eigenvalue weighted by molar-refractivity contribution is 7.90. The molecule has 0 fully saturated rings. The number of benzene rings is 1. The lowest BCUT2D eigenvalue weighted by Gasteiger charge is -2.28. The number of nitrogens with one attached hydrogen (secondary N) is 1. The van der Waals surface area contributed by atoms with Crippen LogP contribution in [0, 0.1) is 0 Å². The summed E-state index contributed by atoms with van der Waals surface area (Å²) in [6.45, 7) is 0.177. The van der Waals surface area contributed by atoms with E-state index in [-0.39, 0.29) is 11.4 Å². The fourth-order valence-electron chi connectivity index (χ4n) is 1.67. The molecule has 1 aromatic carbocycles. The van der Waals surface area contributed by atoms with Gasteiger partial charge in [0.25, 0.3) is 10.0 Å². The Morgan fingerprint density at radius 2 is 2.12 bits per heavy atom. The Kier molecular flexibility index (Phi) is 2.36. The van der Waals surface area contributed by atoms with Gasteiger partial charge >= 0.3 is 6.03 Å². The maximum atomic E-state index is 11.7. The minimum Gasteiger partial charge on any atom is -0.326 e. The van der Waals surface area contributed by atoms with Gasteiger partial charge in [0, 0.05) is 13.6 Å². The van der Waals surface area contributed by atoms with E-state index in [1.165, 1.54) is 18.0 Å². The van der Waals surface area contributed by atoms with Gasteiger partial charge in [0.1, 0.15) is 4.90 Å². The van der Waals surface area contributed by atoms with Gasteiger partial charge in [0.15, 0.2) is 0 Å². The molecule has 1 aliphatic rings. The molecule has 2 amide bonds. The zero-order valence-corrected chi connectivity index (χ0v) is 9.41. The highest BCUT2D eigenvalue weighted by atomic mass is 32.2. The molecule has 86 valence electrons. The maximum absolute atomic E-state index is 11.7. The third-order valence-corrected chi connectivity index (χ3v) is 3.81. The third-order valence-electron chi connectivity index (χ3n) is 2.45. The minimum atomic E-state index is -3.75. The molecule has 2 rings (SSSR count). The Labute approximate surface area is 93.1 Å². The van der Waals surface area contributed by atoms with Crippen molar-refractivity contribution in [1.29, 1.82) is 0 Å². The average molecular weight is 241 g/mol. The summed E-state index contributed by atoms with van der Waals surface area (Å²) in [6.07, 6.45) is 0. The summed E-state index contributed by atoms with van der Waals surface area (Å²) in [5.74, 6) is 0. The van der Waals surface area contributed by atoms with Crippen molar-refractivity contribution in [2.24, 2.45) is 5.73 Å². The third kappa shape index (κ3) is 1.44. The van der Waals surface area contributed by atoms with Gasteiger partial charge < -0.3 is 5.73 Å². The van der Waals surface area contributed by atoms with E-state index < -0.39 is 16.1 Å². The number of carbonyl (C=O) groups excluding carboxylic acids is 1. The first kappa shape index (κ1) is 10.9. The smallest absolute Gasteiger partial charge is 0.326 e. The number of anilines is 1. The number of rotatable bonds is 1. The van der Waals surface area contributed by atoms with Gasteiger partial charge in [-0.1, -0.05) is 12.1 Å². The van der Waals surface area contributed by atoms with Crippen LogP contribution in [0.15, 0.2) is 23.1 Å². The SMILES string of the molecule is CN1C(=O)NS(=O)(=O)c2cccc(CN)c21. The van der Waals surface area contributed by atoms with E-state index in [2.05, 4.69) is 0 Å². The lowest BCUT2D eigenvalue weighted by Crippen LogP contribution is -2.46. The standard InChI is InChI=1S/C9H11N3O3S/c1-12-8-6(5-10)3-2-4-7(8)16(14,15)11-9(12)13/h2-4H,5,10H2,1H3,(H,11,13). The molecular weight excluding hydrogens is 230 g/mol. The van der Waals surface area contributed by atoms with E-state index in [4.69, 9.17) is 5.73 Å². The molecule has 0 unspecified atom stereocenters. The van der Waals surface area contributed by atoms with Crippen LogP contribution in [0.2, 0.25) is 0 Å². The van der Waals surface area contributed by atoms with Crippen molar-refractivity contribution in [2.45, 2.75) is 11.4 Å². The Balaban J connectivity index is 2.78. The van der Waals surface area contributed by atoms with E-state index in [1.807, 2.05) is 4.72 Å². The lowest BCUT2D eigenvalue weighted by atomic mass is 10.1. The normalized spacial score (nSPS) is 17.9. The number of hydrogen-bond donors (Lipinski definition) is 2. The molecule has 0 aliphatic carbocycles. The van der Waals surface area contributed by atoms with Crippen LogP contribution in [0.3, 0.4) is 0 Å². The summed E-state index contributed by atoms with van der Waals surface area (Å²) in [4.78, 5) is 12.8. The molecule has 6 nitrogen and oxygen atoms in total. The predicted molar refractivity (Wildman–Crippen MR) is 58.5 cm³/mol. The highest BCUT2D eigenvalue weighted by Gasteiger charge is 2.32. The molecule has 0 saturated carbocycles. The Hall–Kier alpha value is -1.60. The second-order valence-corrected chi connectivity index (χ2v) is 5.09. The topological polar surface area (TPSA) is 92.5 Å². The molecule has 0 atom stereocenters. The summed E-state index contributed by atoms with van der Waals surface area (Å²) in [5.41, 5.74) is 6.50. The number of sulfonamides is 1. The molecule has 3 N–H and O–H groups in total. The first-order valence-electron chi connectivity index (χ1n) is 4.60. The van der Waals surface area contributed by atoms with Crippen LogP contribution < -0.4 is 15.4 Å². The van der Waals surface area contributed by atoms with Crippen LogP contribution >= 0.6 is 0 Å². The van der Waals surface area contributed by atoms with Crippen LogP contribution in [-0.4, -0.2) is 21.5 Å². The molecular formula is C9H11N3O3S. The van der Waals surface area contributed by atoms with Gasteiger partial charge in [-0.05, 0) is 11.6 Å². The molecule has 0 radical (unpaired) electrons. The largest absolute Gasteiger partial charge is 0.335 e. The van der Waals surface area contributed by atoms with Crippen LogP contribution in [0.5, 0.6) is 0 Å². The number of carbonyl (C=O) groups is 1. The van der Waals surface area contributed by atoms with Crippen molar-refractivity contribution < 1.29 is 13.2 Å². The van der Waals surface area contributed by atoms with Crippen molar-refractivity contribution in [3.05, 3.63) is 23.8 Å². The number of nitrogens with zero attached hydrogens (tertiary/aromatic N) is 1. The van der Waals surface area contributed by atoms with Gasteiger partial charge in [0.2, 0.25) is 0 Å². The van der Waals surface area contributed by atoms with Crippen molar-refractivity contribution >= 4 is 21.7 Å². The van der Waals surface area contributed by atoms with Crippen molar-refractivity contribution in [3.8, 4) is 0 Å². The molecule has 0 saturated heterocycles. The minimum absolute atomic E-state index is 0.0811. The van der Waals surface area contributed by atoms with E-state index in [0.29, 0.717) is 11.3 Å². The summed E-state index contributed by atoms with van der Waals surface area (Å²) in [5, 5.41) is 0. The lowest BCUT2D eigenvalue weighted by molar-refractivity contribution is 0.251. The number of urea groups is 1. The predicted octanol–water partition coefficient (Wildman–Crippen LogP) is -0.00660. The van der Waals surface area contributed by atoms with E-state index in [0.717, 1.165) is 0 Å². The van der Waals surface area contributed by atoms with Crippen molar-refractivity contribution in [2.75, 3.05) is 11.9 Å². The zero-order valence-electron chi connectivity index (χ0n) is 8.60. The van der Waals surface area contributed by atoms with E-state index >= 15 is 0 Å². The number of fused-ring (bicyclic) bond motifs is 1. The zero-order chi connectivity index (χ0) is 11.9. The fourth-order valence-corrected chi connectivity index (χ4v) is 2.93. The van der Waals surface area contributed by atoms with Crippen molar-refractivity contribution in [1.82, 2.24) is 4.72 Å². The Bertz CT molecular complexity index is 553. The van der Waals surface area contributed by atoms with Crippen molar-refractivity contribution in [3.63, 3.8) is 0 Å². The number of hydrogen-bond acceptors (Lipinski definition) is 4.